The van der Waals surface area contributed by atoms with Gasteiger partial charge in [0.2, 0.25) is 0 Å². The van der Waals surface area contributed by atoms with Crippen molar-refractivity contribution in [3.8, 4) is 0 Å². The van der Waals surface area contributed by atoms with Gasteiger partial charge in [0.25, 0.3) is 0 Å². The number of hydrogen-bond acceptors (Lipinski definition) is 3. The molecule has 2 heterocycles. The third-order valence-electron chi connectivity index (χ3n) is 2.50. The van der Waals surface area contributed by atoms with Crippen molar-refractivity contribution in [3.05, 3.63) is 35.9 Å². The molecule has 2 aromatic heterocycles. The van der Waals surface area contributed by atoms with Crippen LogP contribution in [0.25, 0.3) is 0 Å². The third kappa shape index (κ3) is 3.42. The highest BCUT2D eigenvalue weighted by Gasteiger charge is 2.02. The van der Waals surface area contributed by atoms with Crippen LogP contribution in [-0.2, 0) is 20.1 Å². The second-order valence-electron chi connectivity index (χ2n) is 4.60. The monoisotopic (exact) mass is 233 g/mol. The van der Waals surface area contributed by atoms with Crippen LogP contribution in [0, 0.1) is 0 Å². The molecule has 2 aromatic rings. The van der Waals surface area contributed by atoms with Crippen LogP contribution in [0.5, 0.6) is 0 Å². The molecule has 0 aliphatic carbocycles. The van der Waals surface area contributed by atoms with Crippen molar-refractivity contribution in [1.29, 1.82) is 0 Å². The van der Waals surface area contributed by atoms with Gasteiger partial charge in [0.15, 0.2) is 0 Å². The fourth-order valence-corrected chi connectivity index (χ4v) is 1.65. The topological polar surface area (TPSA) is 47.7 Å². The second kappa shape index (κ2) is 5.14. The molecule has 1 N–H and O–H groups in total. The van der Waals surface area contributed by atoms with Crippen LogP contribution < -0.4 is 5.32 Å². The first-order valence-electron chi connectivity index (χ1n) is 5.85. The van der Waals surface area contributed by atoms with Crippen molar-refractivity contribution in [1.82, 2.24) is 24.9 Å². The molecule has 0 fully saturated rings. The number of hydrogen-bond donors (Lipinski definition) is 1. The summed E-state index contributed by atoms with van der Waals surface area (Å²) in [5.74, 6) is 0. The maximum Gasteiger partial charge on any atom is 0.0690 e. The molecule has 5 nitrogen and oxygen atoms in total. The van der Waals surface area contributed by atoms with Gasteiger partial charge in [-0.3, -0.25) is 9.36 Å². The molecule has 0 aliphatic rings. The van der Waals surface area contributed by atoms with E-state index < -0.39 is 0 Å². The van der Waals surface area contributed by atoms with Crippen LogP contribution >= 0.6 is 0 Å². The summed E-state index contributed by atoms with van der Waals surface area (Å²) >= 11 is 0. The first kappa shape index (κ1) is 11.9. The van der Waals surface area contributed by atoms with E-state index in [0.29, 0.717) is 6.04 Å². The molecule has 0 saturated heterocycles. The van der Waals surface area contributed by atoms with Crippen molar-refractivity contribution in [2.45, 2.75) is 33.0 Å². The van der Waals surface area contributed by atoms with Gasteiger partial charge in [0.05, 0.1) is 18.9 Å². The van der Waals surface area contributed by atoms with Crippen LogP contribution in [0.3, 0.4) is 0 Å². The molecule has 0 bridgehead atoms. The Morgan fingerprint density at radius 3 is 2.59 bits per heavy atom. The fourth-order valence-electron chi connectivity index (χ4n) is 1.65. The molecule has 0 amide bonds. The summed E-state index contributed by atoms with van der Waals surface area (Å²) in [6.07, 6.45) is 7.86. The molecule has 92 valence electrons. The molecule has 0 saturated carbocycles. The van der Waals surface area contributed by atoms with E-state index in [2.05, 4.69) is 35.6 Å². The normalized spacial score (nSPS) is 11.3. The lowest BCUT2D eigenvalue weighted by molar-refractivity contribution is 0.588. The minimum absolute atomic E-state index is 0.497. The van der Waals surface area contributed by atoms with Gasteiger partial charge in [-0.2, -0.15) is 10.2 Å². The lowest BCUT2D eigenvalue weighted by Gasteiger charge is -2.05. The molecule has 0 aliphatic heterocycles. The maximum atomic E-state index is 4.34. The SMILES string of the molecule is CC(C)NCc1cnn(Cc2cnn(C)c2)c1. The number of nitrogens with zero attached hydrogens (tertiary/aromatic N) is 4. The van der Waals surface area contributed by atoms with Gasteiger partial charge in [-0.15, -0.1) is 0 Å². The first-order chi connectivity index (χ1) is 8.13. The Kier molecular flexibility index (Phi) is 3.58. The number of nitrogens with one attached hydrogen (secondary N) is 1. The third-order valence-corrected chi connectivity index (χ3v) is 2.50. The summed E-state index contributed by atoms with van der Waals surface area (Å²) in [4.78, 5) is 0. The Hall–Kier alpha value is -1.62. The Labute approximate surface area is 101 Å². The minimum atomic E-state index is 0.497. The van der Waals surface area contributed by atoms with Gasteiger partial charge in [-0.25, -0.2) is 0 Å². The lowest BCUT2D eigenvalue weighted by atomic mass is 10.3. The van der Waals surface area contributed by atoms with Gasteiger partial charge in [0.1, 0.15) is 0 Å². The van der Waals surface area contributed by atoms with Crippen molar-refractivity contribution >= 4 is 0 Å². The average molecular weight is 233 g/mol. The van der Waals surface area contributed by atoms with Crippen LogP contribution in [0.4, 0.5) is 0 Å². The van der Waals surface area contributed by atoms with E-state index in [0.717, 1.165) is 13.1 Å². The molecule has 0 radical (unpaired) electrons. The van der Waals surface area contributed by atoms with Crippen LogP contribution in [0.15, 0.2) is 24.8 Å². The van der Waals surface area contributed by atoms with Gasteiger partial charge in [0, 0.05) is 43.2 Å². The summed E-state index contributed by atoms with van der Waals surface area (Å²) in [6.45, 7) is 5.92. The largest absolute Gasteiger partial charge is 0.310 e. The summed E-state index contributed by atoms with van der Waals surface area (Å²) < 4.78 is 3.74. The molecular weight excluding hydrogens is 214 g/mol. The predicted molar refractivity (Wildman–Crippen MR) is 66.5 cm³/mol. The van der Waals surface area contributed by atoms with Crippen molar-refractivity contribution in [3.63, 3.8) is 0 Å². The highest BCUT2D eigenvalue weighted by Crippen LogP contribution is 2.03. The molecule has 5 heteroatoms. The van der Waals surface area contributed by atoms with E-state index in [4.69, 9.17) is 0 Å². The van der Waals surface area contributed by atoms with E-state index in [1.165, 1.54) is 11.1 Å². The molecule has 0 unspecified atom stereocenters. The minimum Gasteiger partial charge on any atom is -0.310 e. The fraction of sp³-hybridized carbons (Fsp3) is 0.500. The number of aromatic nitrogens is 4. The Balaban J connectivity index is 1.94. The zero-order valence-electron chi connectivity index (χ0n) is 10.6. The molecule has 0 aromatic carbocycles. The molecular formula is C12H19N5. The van der Waals surface area contributed by atoms with Gasteiger partial charge < -0.3 is 5.32 Å². The zero-order valence-corrected chi connectivity index (χ0v) is 10.6. The Morgan fingerprint density at radius 1 is 1.18 bits per heavy atom. The standard InChI is InChI=1S/C12H19N5/c1-10(2)13-4-11-5-15-17(8-11)9-12-6-14-16(3)7-12/h5-8,10,13H,4,9H2,1-3H3. The highest BCUT2D eigenvalue weighted by atomic mass is 15.3. The Morgan fingerprint density at radius 2 is 1.94 bits per heavy atom. The lowest BCUT2D eigenvalue weighted by Crippen LogP contribution is -2.21. The zero-order chi connectivity index (χ0) is 12.3. The highest BCUT2D eigenvalue weighted by molar-refractivity contribution is 5.08. The van der Waals surface area contributed by atoms with Crippen molar-refractivity contribution in [2.75, 3.05) is 0 Å². The van der Waals surface area contributed by atoms with E-state index in [-0.39, 0.29) is 0 Å². The van der Waals surface area contributed by atoms with Crippen LogP contribution in [0.1, 0.15) is 25.0 Å². The van der Waals surface area contributed by atoms with E-state index >= 15 is 0 Å². The summed E-state index contributed by atoms with van der Waals surface area (Å²) in [5, 5.41) is 11.9. The molecule has 2 rings (SSSR count). The molecule has 0 spiro atoms. The first-order valence-corrected chi connectivity index (χ1v) is 5.85. The van der Waals surface area contributed by atoms with Crippen LogP contribution in [-0.4, -0.2) is 25.6 Å². The molecule has 17 heavy (non-hydrogen) atoms. The number of aryl methyl sites for hydroxylation is 1. The van der Waals surface area contributed by atoms with Crippen molar-refractivity contribution in [2.24, 2.45) is 7.05 Å². The van der Waals surface area contributed by atoms with Gasteiger partial charge in [-0.1, -0.05) is 13.8 Å². The van der Waals surface area contributed by atoms with E-state index in [9.17, 15) is 0 Å². The van der Waals surface area contributed by atoms with Gasteiger partial charge >= 0.3 is 0 Å². The second-order valence-corrected chi connectivity index (χ2v) is 4.60. The summed E-state index contributed by atoms with van der Waals surface area (Å²) in [7, 11) is 1.92. The summed E-state index contributed by atoms with van der Waals surface area (Å²) in [5.41, 5.74) is 2.38. The number of rotatable bonds is 5. The van der Waals surface area contributed by atoms with Crippen LogP contribution in [0.2, 0.25) is 0 Å². The summed E-state index contributed by atoms with van der Waals surface area (Å²) in [6, 6.07) is 0.497. The van der Waals surface area contributed by atoms with Crippen molar-refractivity contribution < 1.29 is 0 Å². The maximum absolute atomic E-state index is 4.34. The molecule has 0 atom stereocenters. The van der Waals surface area contributed by atoms with E-state index in [1.54, 1.807) is 4.68 Å². The Bertz CT molecular complexity index is 469. The van der Waals surface area contributed by atoms with Gasteiger partial charge in [-0.05, 0) is 0 Å². The predicted octanol–water partition coefficient (Wildman–Crippen LogP) is 1.16. The quantitative estimate of drug-likeness (QED) is 0.843. The smallest absolute Gasteiger partial charge is 0.0690 e. The average Bonchev–Trinajstić information content (AvgIpc) is 2.86. The van der Waals surface area contributed by atoms with E-state index in [1.807, 2.05) is 30.3 Å².